The van der Waals surface area contributed by atoms with Crippen molar-refractivity contribution in [2.45, 2.75) is 63.2 Å². The maximum atomic E-state index is 13.0. The summed E-state index contributed by atoms with van der Waals surface area (Å²) in [5, 5.41) is 0.0773. The van der Waals surface area contributed by atoms with Crippen molar-refractivity contribution >= 4 is 24.2 Å². The highest BCUT2D eigenvalue weighted by Crippen LogP contribution is 2.39. The van der Waals surface area contributed by atoms with E-state index in [-0.39, 0.29) is 9.93 Å². The van der Waals surface area contributed by atoms with Crippen LogP contribution in [0.2, 0.25) is 18.1 Å². The average molecular weight is 410 g/mol. The lowest BCUT2D eigenvalue weighted by molar-refractivity contribution is -0.143. The summed E-state index contributed by atoms with van der Waals surface area (Å²) < 4.78 is 33.1. The van der Waals surface area contributed by atoms with Crippen LogP contribution in [-0.2, 0) is 19.2 Å². The van der Waals surface area contributed by atoms with Crippen LogP contribution in [-0.4, -0.2) is 39.6 Å². The number of sulfonamides is 1. The number of benzene rings is 1. The fraction of sp³-hybridized carbons (Fsp3) is 0.550. The Morgan fingerprint density at radius 2 is 1.78 bits per heavy atom. The first kappa shape index (κ1) is 21.9. The molecule has 0 saturated carbocycles. The molecular weight excluding hydrogens is 378 g/mol. The summed E-state index contributed by atoms with van der Waals surface area (Å²) in [6.07, 6.45) is 2.01. The molecule has 0 aliphatic carbocycles. The lowest BCUT2D eigenvalue weighted by Crippen LogP contribution is -2.62. The van der Waals surface area contributed by atoms with Gasteiger partial charge in [-0.3, -0.25) is 4.79 Å². The Balaban J connectivity index is 2.17. The van der Waals surface area contributed by atoms with E-state index in [0.717, 1.165) is 9.87 Å². The minimum atomic E-state index is -3.86. The van der Waals surface area contributed by atoms with E-state index in [4.69, 9.17) is 4.43 Å². The lowest BCUT2D eigenvalue weighted by atomic mass is 9.88. The first-order valence-corrected chi connectivity index (χ1v) is 13.6. The van der Waals surface area contributed by atoms with Gasteiger partial charge in [0.05, 0.1) is 16.9 Å². The second-order valence-electron chi connectivity index (χ2n) is 8.68. The predicted molar refractivity (Wildman–Crippen MR) is 110 cm³/mol. The SMILES string of the molecule is C=C[C@H]1C(=O)N(S(=O)(=O)c2ccc(C)cc2)[C@@H]1CCO[Si](C)(C)C(C)(C)C. The molecule has 1 aromatic carbocycles. The molecule has 0 aromatic heterocycles. The van der Waals surface area contributed by atoms with Crippen molar-refractivity contribution in [3.8, 4) is 0 Å². The molecule has 1 aliphatic heterocycles. The highest BCUT2D eigenvalue weighted by Gasteiger charge is 2.52. The number of hydrogen-bond donors (Lipinski definition) is 0. The van der Waals surface area contributed by atoms with Crippen LogP contribution in [0, 0.1) is 12.8 Å². The van der Waals surface area contributed by atoms with E-state index in [1.807, 2.05) is 6.92 Å². The summed E-state index contributed by atoms with van der Waals surface area (Å²) in [6, 6.07) is 6.12. The van der Waals surface area contributed by atoms with Crippen LogP contribution in [0.15, 0.2) is 41.8 Å². The first-order chi connectivity index (χ1) is 12.3. The Bertz CT molecular complexity index is 809. The zero-order valence-electron chi connectivity index (χ0n) is 17.2. The fourth-order valence-electron chi connectivity index (χ4n) is 2.87. The summed E-state index contributed by atoms with van der Waals surface area (Å²) in [4.78, 5) is 12.6. The van der Waals surface area contributed by atoms with Gasteiger partial charge in [0.15, 0.2) is 8.32 Å². The zero-order valence-corrected chi connectivity index (χ0v) is 19.0. The average Bonchev–Trinajstić information content (AvgIpc) is 2.53. The van der Waals surface area contributed by atoms with Gasteiger partial charge in [-0.1, -0.05) is 44.5 Å². The monoisotopic (exact) mass is 409 g/mol. The summed E-state index contributed by atoms with van der Waals surface area (Å²) >= 11 is 0. The Labute approximate surface area is 164 Å². The van der Waals surface area contributed by atoms with Gasteiger partial charge >= 0.3 is 0 Å². The third kappa shape index (κ3) is 4.20. The van der Waals surface area contributed by atoms with Crippen LogP contribution < -0.4 is 0 Å². The molecule has 1 amide bonds. The van der Waals surface area contributed by atoms with Gasteiger partial charge in [-0.15, -0.1) is 6.58 Å². The van der Waals surface area contributed by atoms with Crippen LogP contribution in [0.25, 0.3) is 0 Å². The van der Waals surface area contributed by atoms with Crippen LogP contribution in [0.3, 0.4) is 0 Å². The van der Waals surface area contributed by atoms with Gasteiger partial charge < -0.3 is 4.43 Å². The summed E-state index contributed by atoms with van der Waals surface area (Å²) in [7, 11) is -5.79. The molecular formula is C20H31NO4SSi. The molecule has 1 heterocycles. The molecule has 1 aliphatic rings. The van der Waals surface area contributed by atoms with Crippen molar-refractivity contribution < 1.29 is 17.6 Å². The van der Waals surface area contributed by atoms with E-state index < -0.39 is 36.2 Å². The van der Waals surface area contributed by atoms with E-state index >= 15 is 0 Å². The minimum absolute atomic E-state index is 0.0773. The van der Waals surface area contributed by atoms with Crippen molar-refractivity contribution in [1.82, 2.24) is 4.31 Å². The van der Waals surface area contributed by atoms with Gasteiger partial charge in [-0.25, -0.2) is 12.7 Å². The number of rotatable bonds is 7. The van der Waals surface area contributed by atoms with Gasteiger partial charge in [0.1, 0.15) is 0 Å². The summed E-state index contributed by atoms with van der Waals surface area (Å²) in [5.74, 6) is -0.892. The topological polar surface area (TPSA) is 63.7 Å². The number of hydrogen-bond acceptors (Lipinski definition) is 4. The Morgan fingerprint density at radius 3 is 2.26 bits per heavy atom. The van der Waals surface area contributed by atoms with Crippen molar-refractivity contribution in [3.05, 3.63) is 42.5 Å². The number of nitrogens with zero attached hydrogens (tertiary/aromatic N) is 1. The molecule has 0 radical (unpaired) electrons. The van der Waals surface area contributed by atoms with Gasteiger partial charge in [-0.2, -0.15) is 0 Å². The van der Waals surface area contributed by atoms with Crippen LogP contribution in [0.1, 0.15) is 32.8 Å². The van der Waals surface area contributed by atoms with E-state index in [9.17, 15) is 13.2 Å². The highest BCUT2D eigenvalue weighted by atomic mass is 32.2. The second-order valence-corrected chi connectivity index (χ2v) is 15.3. The zero-order chi connectivity index (χ0) is 20.6. The van der Waals surface area contributed by atoms with Gasteiger partial charge in [0.25, 0.3) is 10.0 Å². The Kier molecular flexibility index (Phi) is 6.09. The number of carbonyl (C=O) groups is 1. The van der Waals surface area contributed by atoms with Gasteiger partial charge in [0.2, 0.25) is 5.91 Å². The third-order valence-electron chi connectivity index (χ3n) is 5.73. The smallest absolute Gasteiger partial charge is 0.266 e. The first-order valence-electron chi connectivity index (χ1n) is 9.24. The third-order valence-corrected chi connectivity index (χ3v) is 12.1. The number of β-lactam (4-membered cyclic amide) rings is 1. The molecule has 1 fully saturated rings. The van der Waals surface area contributed by atoms with E-state index in [2.05, 4.69) is 40.4 Å². The molecule has 27 heavy (non-hydrogen) atoms. The number of carbonyl (C=O) groups excluding carboxylic acids is 1. The molecule has 5 nitrogen and oxygen atoms in total. The Hall–Kier alpha value is -1.44. The van der Waals surface area contributed by atoms with E-state index in [1.165, 1.54) is 0 Å². The second kappa shape index (κ2) is 7.52. The molecule has 1 aromatic rings. The quantitative estimate of drug-likeness (QED) is 0.386. The minimum Gasteiger partial charge on any atom is -0.417 e. The molecule has 0 N–H and O–H groups in total. The molecule has 150 valence electrons. The largest absolute Gasteiger partial charge is 0.417 e. The maximum Gasteiger partial charge on any atom is 0.266 e. The van der Waals surface area contributed by atoms with Gasteiger partial charge in [-0.05, 0) is 43.6 Å². The van der Waals surface area contributed by atoms with Crippen LogP contribution >= 0.6 is 0 Å². The fourth-order valence-corrected chi connectivity index (χ4v) is 5.59. The highest BCUT2D eigenvalue weighted by molar-refractivity contribution is 7.89. The van der Waals surface area contributed by atoms with Crippen molar-refractivity contribution in [1.29, 1.82) is 0 Å². The lowest BCUT2D eigenvalue weighted by Gasteiger charge is -2.45. The van der Waals surface area contributed by atoms with Crippen molar-refractivity contribution in [2.24, 2.45) is 5.92 Å². The van der Waals surface area contributed by atoms with Gasteiger partial charge in [0, 0.05) is 6.61 Å². The standard InChI is InChI=1S/C20H31NO4SSi/c1-8-17-18(13-14-25-27(6,7)20(3,4)5)21(19(17)22)26(23,24)16-11-9-15(2)10-12-16/h8-12,17-18H,1,13-14H2,2-7H3/t17-,18-/m1/s1. The van der Waals surface area contributed by atoms with E-state index in [1.54, 1.807) is 30.3 Å². The molecule has 2 atom stereocenters. The van der Waals surface area contributed by atoms with E-state index in [0.29, 0.717) is 13.0 Å². The van der Waals surface area contributed by atoms with Crippen LogP contribution in [0.5, 0.6) is 0 Å². The summed E-state index contributed by atoms with van der Waals surface area (Å²) in [6.45, 7) is 16.8. The maximum absolute atomic E-state index is 13.0. The van der Waals surface area contributed by atoms with Crippen molar-refractivity contribution in [2.75, 3.05) is 6.61 Å². The molecule has 1 saturated heterocycles. The Morgan fingerprint density at radius 1 is 1.22 bits per heavy atom. The predicted octanol–water partition coefficient (Wildman–Crippen LogP) is 4.11. The normalized spacial score (nSPS) is 21.1. The number of amides is 1. The molecule has 0 unspecified atom stereocenters. The van der Waals surface area contributed by atoms with Crippen molar-refractivity contribution in [3.63, 3.8) is 0 Å². The summed E-state index contributed by atoms with van der Waals surface area (Å²) in [5.41, 5.74) is 0.965. The number of aryl methyl sites for hydroxylation is 1. The molecule has 2 rings (SSSR count). The molecule has 7 heteroatoms. The molecule has 0 spiro atoms. The molecule has 0 bridgehead atoms. The van der Waals surface area contributed by atoms with Crippen LogP contribution in [0.4, 0.5) is 0 Å².